The molecule has 0 heterocycles. The van der Waals surface area contributed by atoms with Crippen molar-refractivity contribution in [2.75, 3.05) is 17.1 Å². The Bertz CT molecular complexity index is 1190. The molecule has 7 nitrogen and oxygen atoms in total. The van der Waals surface area contributed by atoms with Crippen molar-refractivity contribution in [3.05, 3.63) is 63.1 Å². The lowest BCUT2D eigenvalue weighted by atomic mass is 10.1. The molecule has 0 saturated heterocycles. The van der Waals surface area contributed by atoms with E-state index in [4.69, 9.17) is 23.2 Å². The van der Waals surface area contributed by atoms with E-state index in [1.807, 2.05) is 26.8 Å². The molecule has 0 spiro atoms. The van der Waals surface area contributed by atoms with E-state index in [0.29, 0.717) is 38.8 Å². The monoisotopic (exact) mass is 555 g/mol. The van der Waals surface area contributed by atoms with Gasteiger partial charge in [-0.05, 0) is 64.3 Å². The lowest BCUT2D eigenvalue weighted by molar-refractivity contribution is -0.141. The van der Waals surface area contributed by atoms with Gasteiger partial charge in [0.05, 0.1) is 11.9 Å². The van der Waals surface area contributed by atoms with Gasteiger partial charge in [-0.2, -0.15) is 0 Å². The molecule has 0 radical (unpaired) electrons. The number of aryl methyl sites for hydroxylation is 2. The maximum Gasteiger partial charge on any atom is 0.244 e. The van der Waals surface area contributed by atoms with Crippen molar-refractivity contribution in [3.63, 3.8) is 0 Å². The number of rotatable bonds is 9. The van der Waals surface area contributed by atoms with Crippen molar-refractivity contribution >= 4 is 50.7 Å². The van der Waals surface area contributed by atoms with Crippen LogP contribution in [0.25, 0.3) is 0 Å². The summed E-state index contributed by atoms with van der Waals surface area (Å²) >= 11 is 12.8. The van der Waals surface area contributed by atoms with Gasteiger partial charge in [-0.1, -0.05) is 54.4 Å². The van der Waals surface area contributed by atoms with Gasteiger partial charge in [0.25, 0.3) is 0 Å². The molecule has 10 heteroatoms. The predicted octanol–water partition coefficient (Wildman–Crippen LogP) is 5.10. The van der Waals surface area contributed by atoms with Crippen LogP contribution in [0.3, 0.4) is 0 Å². The third-order valence-corrected chi connectivity index (χ3v) is 7.46. The van der Waals surface area contributed by atoms with E-state index in [1.54, 1.807) is 51.1 Å². The quantitative estimate of drug-likeness (QED) is 0.466. The zero-order valence-electron chi connectivity index (χ0n) is 21.9. The number of amides is 2. The normalized spacial score (nSPS) is 12.7. The van der Waals surface area contributed by atoms with Crippen molar-refractivity contribution in [1.82, 2.24) is 10.2 Å². The molecule has 1 N–H and O–H groups in total. The molecule has 2 rings (SSSR count). The molecule has 0 unspecified atom stereocenters. The number of benzene rings is 2. The third kappa shape index (κ3) is 7.60. The molecule has 2 aromatic rings. The van der Waals surface area contributed by atoms with Crippen LogP contribution in [0.4, 0.5) is 5.69 Å². The summed E-state index contributed by atoms with van der Waals surface area (Å²) in [5.74, 6) is -0.894. The zero-order chi connectivity index (χ0) is 27.4. The highest BCUT2D eigenvalue weighted by Gasteiger charge is 2.34. The van der Waals surface area contributed by atoms with Crippen LogP contribution in [-0.2, 0) is 26.2 Å². The molecule has 2 amide bonds. The fourth-order valence-electron chi connectivity index (χ4n) is 4.00. The molecule has 0 aliphatic heterocycles. The number of halogens is 2. The van der Waals surface area contributed by atoms with Crippen LogP contribution in [0, 0.1) is 13.8 Å². The molecular formula is C26H35Cl2N3O4S. The lowest BCUT2D eigenvalue weighted by Gasteiger charge is -2.35. The number of anilines is 1. The van der Waals surface area contributed by atoms with Crippen molar-refractivity contribution in [2.24, 2.45) is 0 Å². The van der Waals surface area contributed by atoms with E-state index in [2.05, 4.69) is 5.32 Å². The first-order valence-corrected chi connectivity index (χ1v) is 14.3. The SMILES string of the molecule is CC[C@@H](C(=O)NC(C)(C)C)N(Cc1c(Cl)cccc1Cl)C(=O)CN(c1c(C)cccc1C)S(C)(=O)=O. The van der Waals surface area contributed by atoms with Crippen LogP contribution in [-0.4, -0.2) is 49.5 Å². The van der Waals surface area contributed by atoms with Gasteiger partial charge in [0.1, 0.15) is 12.6 Å². The second-order valence-electron chi connectivity index (χ2n) is 9.90. The average molecular weight is 557 g/mol. The summed E-state index contributed by atoms with van der Waals surface area (Å²) in [6.45, 7) is 10.4. The summed E-state index contributed by atoms with van der Waals surface area (Å²) in [5.41, 5.74) is 1.82. The van der Waals surface area contributed by atoms with Crippen LogP contribution < -0.4 is 9.62 Å². The van der Waals surface area contributed by atoms with Gasteiger partial charge in [0.2, 0.25) is 21.8 Å². The molecule has 0 aliphatic rings. The topological polar surface area (TPSA) is 86.8 Å². The van der Waals surface area contributed by atoms with Crippen LogP contribution >= 0.6 is 23.2 Å². The van der Waals surface area contributed by atoms with E-state index in [0.717, 1.165) is 10.6 Å². The van der Waals surface area contributed by atoms with Crippen LogP contribution in [0.5, 0.6) is 0 Å². The molecular weight excluding hydrogens is 521 g/mol. The number of carbonyl (C=O) groups is 2. The highest BCUT2D eigenvalue weighted by atomic mass is 35.5. The van der Waals surface area contributed by atoms with Crippen molar-refractivity contribution in [3.8, 4) is 0 Å². The van der Waals surface area contributed by atoms with Crippen molar-refractivity contribution < 1.29 is 18.0 Å². The highest BCUT2D eigenvalue weighted by molar-refractivity contribution is 7.92. The number of hydrogen-bond acceptors (Lipinski definition) is 4. The molecule has 0 fully saturated rings. The van der Waals surface area contributed by atoms with Gasteiger partial charge >= 0.3 is 0 Å². The smallest absolute Gasteiger partial charge is 0.244 e. The first kappa shape index (κ1) is 29.9. The zero-order valence-corrected chi connectivity index (χ0v) is 24.2. The van der Waals surface area contributed by atoms with Crippen molar-refractivity contribution in [1.29, 1.82) is 0 Å². The van der Waals surface area contributed by atoms with E-state index >= 15 is 0 Å². The average Bonchev–Trinajstić information content (AvgIpc) is 2.72. The molecule has 1 atom stereocenters. The van der Waals surface area contributed by atoms with Crippen LogP contribution in [0.2, 0.25) is 10.0 Å². The van der Waals surface area contributed by atoms with Crippen LogP contribution in [0.15, 0.2) is 36.4 Å². The number of nitrogens with zero attached hydrogens (tertiary/aromatic N) is 2. The molecule has 36 heavy (non-hydrogen) atoms. The largest absolute Gasteiger partial charge is 0.350 e. The minimum absolute atomic E-state index is 0.0578. The van der Waals surface area contributed by atoms with E-state index in [9.17, 15) is 18.0 Å². The first-order valence-electron chi connectivity index (χ1n) is 11.6. The summed E-state index contributed by atoms with van der Waals surface area (Å²) in [4.78, 5) is 28.5. The van der Waals surface area contributed by atoms with E-state index in [1.165, 1.54) is 4.90 Å². The van der Waals surface area contributed by atoms with Gasteiger partial charge in [-0.3, -0.25) is 13.9 Å². The Labute approximate surface area is 224 Å². The lowest BCUT2D eigenvalue weighted by Crippen LogP contribution is -2.55. The third-order valence-electron chi connectivity index (χ3n) is 5.64. The second kappa shape index (κ2) is 11.8. The van der Waals surface area contributed by atoms with Gasteiger partial charge in [-0.25, -0.2) is 8.42 Å². The maximum absolute atomic E-state index is 13.8. The highest BCUT2D eigenvalue weighted by Crippen LogP contribution is 2.29. The molecule has 0 saturated carbocycles. The number of hydrogen-bond donors (Lipinski definition) is 1. The molecule has 0 aliphatic carbocycles. The number of nitrogens with one attached hydrogen (secondary N) is 1. The molecule has 198 valence electrons. The number of para-hydroxylation sites is 1. The first-order chi connectivity index (χ1) is 16.6. The Hall–Kier alpha value is -2.29. The number of carbonyl (C=O) groups excluding carboxylic acids is 2. The predicted molar refractivity (Wildman–Crippen MR) is 147 cm³/mol. The summed E-state index contributed by atoms with van der Waals surface area (Å²) in [5, 5.41) is 3.62. The van der Waals surface area contributed by atoms with Gasteiger partial charge < -0.3 is 10.2 Å². The maximum atomic E-state index is 13.8. The van der Waals surface area contributed by atoms with Gasteiger partial charge in [0, 0.05) is 27.7 Å². The minimum atomic E-state index is -3.83. The number of sulfonamides is 1. The Morgan fingerprint density at radius 3 is 1.94 bits per heavy atom. The molecule has 2 aromatic carbocycles. The van der Waals surface area contributed by atoms with E-state index in [-0.39, 0.29) is 12.5 Å². The second-order valence-corrected chi connectivity index (χ2v) is 12.6. The van der Waals surface area contributed by atoms with Crippen LogP contribution in [0.1, 0.15) is 50.8 Å². The Kier molecular flexibility index (Phi) is 9.84. The minimum Gasteiger partial charge on any atom is -0.350 e. The summed E-state index contributed by atoms with van der Waals surface area (Å²) < 4.78 is 26.8. The summed E-state index contributed by atoms with van der Waals surface area (Å²) in [7, 11) is -3.83. The standard InChI is InChI=1S/C26H35Cl2N3O4S/c1-8-22(25(33)29-26(4,5)6)30(15-19-20(27)13-10-14-21(19)28)23(32)16-31(36(7,34)35)24-17(2)11-9-12-18(24)3/h9-14,22H,8,15-16H2,1-7H3,(H,29,33)/t22-/m0/s1. The summed E-state index contributed by atoms with van der Waals surface area (Å²) in [6.07, 6.45) is 1.36. The van der Waals surface area contributed by atoms with E-state index < -0.39 is 34.1 Å². The van der Waals surface area contributed by atoms with Gasteiger partial charge in [0.15, 0.2) is 0 Å². The molecule has 0 bridgehead atoms. The summed E-state index contributed by atoms with van der Waals surface area (Å²) in [6, 6.07) is 9.53. The van der Waals surface area contributed by atoms with Crippen molar-refractivity contribution in [2.45, 2.75) is 66.1 Å². The van der Waals surface area contributed by atoms with Gasteiger partial charge in [-0.15, -0.1) is 0 Å². The fraction of sp³-hybridized carbons (Fsp3) is 0.462. The molecule has 0 aromatic heterocycles. The fourth-order valence-corrected chi connectivity index (χ4v) is 5.48. The Morgan fingerprint density at radius 1 is 1.00 bits per heavy atom. The Balaban J connectivity index is 2.58. The Morgan fingerprint density at radius 2 is 1.50 bits per heavy atom.